The van der Waals surface area contributed by atoms with Crippen LogP contribution in [0.2, 0.25) is 0 Å². The first-order valence-corrected chi connectivity index (χ1v) is 6.95. The van der Waals surface area contributed by atoms with E-state index in [-0.39, 0.29) is 19.6 Å². The summed E-state index contributed by atoms with van der Waals surface area (Å²) in [7, 11) is 0. The minimum Gasteiger partial charge on any atom is -0.480 e. The Kier molecular flexibility index (Phi) is 7.74. The first-order valence-electron chi connectivity index (χ1n) is 6.95. The smallest absolute Gasteiger partial charge is 0.319 e. The van der Waals surface area contributed by atoms with E-state index in [1.54, 1.807) is 9.80 Å². The van der Waals surface area contributed by atoms with Crippen LogP contribution < -0.4 is 5.43 Å². The van der Waals surface area contributed by atoms with Crippen molar-refractivity contribution in [3.05, 3.63) is 0 Å². The molecule has 0 aromatic heterocycles. The normalized spacial score (nSPS) is 19.6. The van der Waals surface area contributed by atoms with Gasteiger partial charge in [0.1, 0.15) is 6.54 Å². The molecule has 1 heterocycles. The summed E-state index contributed by atoms with van der Waals surface area (Å²) in [5.74, 6) is -2.92. The van der Waals surface area contributed by atoms with Crippen molar-refractivity contribution in [2.24, 2.45) is 0 Å². The molecule has 4 N–H and O–H groups in total. The zero-order chi connectivity index (χ0) is 16.5. The standard InChI is InChI=1S/C12H22N4O6/c17-10(18)7-14-2-1-13-16(9-12(21)22)6-5-15(4-3-14)8-11(19)20/h13H,1-9H2,(H,17,18)(H,19,20)(H,21,22). The molecule has 0 radical (unpaired) electrons. The molecule has 0 aromatic carbocycles. The van der Waals surface area contributed by atoms with Gasteiger partial charge in [0.2, 0.25) is 0 Å². The van der Waals surface area contributed by atoms with Crippen molar-refractivity contribution in [2.45, 2.75) is 0 Å². The molecular formula is C12H22N4O6. The zero-order valence-corrected chi connectivity index (χ0v) is 12.3. The molecule has 0 atom stereocenters. The van der Waals surface area contributed by atoms with Gasteiger partial charge in [-0.25, -0.2) is 5.01 Å². The number of carboxylic acids is 3. The molecule has 1 rings (SSSR count). The third kappa shape index (κ3) is 7.88. The fourth-order valence-electron chi connectivity index (χ4n) is 2.21. The maximum absolute atomic E-state index is 10.9. The molecule has 0 amide bonds. The zero-order valence-electron chi connectivity index (χ0n) is 12.3. The van der Waals surface area contributed by atoms with Crippen LogP contribution in [0.1, 0.15) is 0 Å². The number of nitrogens with one attached hydrogen (secondary N) is 1. The number of carboxylic acid groups (broad SMARTS) is 3. The maximum Gasteiger partial charge on any atom is 0.319 e. The third-order valence-electron chi connectivity index (χ3n) is 3.23. The highest BCUT2D eigenvalue weighted by Gasteiger charge is 2.18. The van der Waals surface area contributed by atoms with Crippen molar-refractivity contribution < 1.29 is 29.7 Å². The van der Waals surface area contributed by atoms with Gasteiger partial charge in [0, 0.05) is 39.3 Å². The largest absolute Gasteiger partial charge is 0.480 e. The van der Waals surface area contributed by atoms with Crippen molar-refractivity contribution >= 4 is 17.9 Å². The summed E-state index contributed by atoms with van der Waals surface area (Å²) in [4.78, 5) is 35.9. The lowest BCUT2D eigenvalue weighted by molar-refractivity contribution is -0.141. The third-order valence-corrected chi connectivity index (χ3v) is 3.23. The van der Waals surface area contributed by atoms with Crippen LogP contribution in [-0.2, 0) is 14.4 Å². The van der Waals surface area contributed by atoms with Crippen LogP contribution in [-0.4, -0.2) is 107 Å². The highest BCUT2D eigenvalue weighted by molar-refractivity contribution is 5.69. The SMILES string of the molecule is O=C(O)CN1CCNN(CC(=O)O)CCN(CC(=O)O)CC1. The molecule has 1 saturated heterocycles. The van der Waals surface area contributed by atoms with Gasteiger partial charge in [0.25, 0.3) is 0 Å². The molecule has 0 aliphatic carbocycles. The lowest BCUT2D eigenvalue weighted by atomic mass is 10.3. The Hall–Kier alpha value is -1.75. The number of carbonyl (C=O) groups is 3. The fraction of sp³-hybridized carbons (Fsp3) is 0.750. The van der Waals surface area contributed by atoms with Crippen molar-refractivity contribution in [1.29, 1.82) is 0 Å². The van der Waals surface area contributed by atoms with Crippen LogP contribution in [0.25, 0.3) is 0 Å². The van der Waals surface area contributed by atoms with Crippen molar-refractivity contribution in [2.75, 3.05) is 58.9 Å². The Morgan fingerprint density at radius 1 is 0.727 bits per heavy atom. The van der Waals surface area contributed by atoms with Crippen LogP contribution in [0.3, 0.4) is 0 Å². The monoisotopic (exact) mass is 318 g/mol. The van der Waals surface area contributed by atoms with Crippen molar-refractivity contribution in [1.82, 2.24) is 20.2 Å². The van der Waals surface area contributed by atoms with Gasteiger partial charge in [0.05, 0.1) is 13.1 Å². The number of nitrogens with zero attached hydrogens (tertiary/aromatic N) is 3. The first-order chi connectivity index (χ1) is 10.4. The minimum absolute atomic E-state index is 0.137. The van der Waals surface area contributed by atoms with E-state index in [1.807, 2.05) is 0 Å². The van der Waals surface area contributed by atoms with Gasteiger partial charge < -0.3 is 15.3 Å². The van der Waals surface area contributed by atoms with E-state index in [0.717, 1.165) is 0 Å². The fourth-order valence-corrected chi connectivity index (χ4v) is 2.21. The Balaban J connectivity index is 2.67. The van der Waals surface area contributed by atoms with E-state index < -0.39 is 17.9 Å². The molecule has 22 heavy (non-hydrogen) atoms. The molecule has 10 heteroatoms. The topological polar surface area (TPSA) is 134 Å². The lowest BCUT2D eigenvalue weighted by Crippen LogP contribution is -2.52. The summed E-state index contributed by atoms with van der Waals surface area (Å²) < 4.78 is 0. The van der Waals surface area contributed by atoms with Crippen LogP contribution in [0.5, 0.6) is 0 Å². The van der Waals surface area contributed by atoms with Crippen molar-refractivity contribution in [3.8, 4) is 0 Å². The number of hydrazine groups is 1. The quantitative estimate of drug-likeness (QED) is 0.422. The van der Waals surface area contributed by atoms with E-state index in [9.17, 15) is 14.4 Å². The second-order valence-corrected chi connectivity index (χ2v) is 5.06. The average Bonchev–Trinajstić information content (AvgIpc) is 2.38. The molecule has 1 aliphatic heterocycles. The molecular weight excluding hydrogens is 296 g/mol. The van der Waals surface area contributed by atoms with Crippen LogP contribution in [0, 0.1) is 0 Å². The molecule has 1 aliphatic rings. The summed E-state index contributed by atoms with van der Waals surface area (Å²) >= 11 is 0. The van der Waals surface area contributed by atoms with Gasteiger partial charge in [-0.15, -0.1) is 0 Å². The minimum atomic E-state index is -0.989. The molecule has 126 valence electrons. The van der Waals surface area contributed by atoms with Crippen molar-refractivity contribution in [3.63, 3.8) is 0 Å². The Bertz CT molecular complexity index is 377. The second kappa shape index (κ2) is 9.30. The van der Waals surface area contributed by atoms with E-state index >= 15 is 0 Å². The molecule has 0 unspecified atom stereocenters. The van der Waals surface area contributed by atoms with Crippen LogP contribution in [0.4, 0.5) is 0 Å². The first kappa shape index (κ1) is 18.3. The Morgan fingerprint density at radius 3 is 1.68 bits per heavy atom. The predicted molar refractivity (Wildman–Crippen MR) is 75.4 cm³/mol. The Morgan fingerprint density at radius 2 is 1.18 bits per heavy atom. The van der Waals surface area contributed by atoms with E-state index in [0.29, 0.717) is 39.3 Å². The molecule has 0 spiro atoms. The van der Waals surface area contributed by atoms with Gasteiger partial charge >= 0.3 is 17.9 Å². The number of hydrogen-bond acceptors (Lipinski definition) is 7. The predicted octanol–water partition coefficient (Wildman–Crippen LogP) is -2.34. The van der Waals surface area contributed by atoms with Crippen LogP contribution >= 0.6 is 0 Å². The number of aliphatic carboxylic acids is 3. The lowest BCUT2D eigenvalue weighted by Gasteiger charge is -2.31. The van der Waals surface area contributed by atoms with E-state index in [4.69, 9.17) is 15.3 Å². The highest BCUT2D eigenvalue weighted by atomic mass is 16.4. The summed E-state index contributed by atoms with van der Waals surface area (Å²) in [6.07, 6.45) is 0. The van der Waals surface area contributed by atoms with Crippen LogP contribution in [0.15, 0.2) is 0 Å². The van der Waals surface area contributed by atoms with Gasteiger partial charge in [-0.2, -0.15) is 0 Å². The van der Waals surface area contributed by atoms with Gasteiger partial charge in [-0.3, -0.25) is 29.6 Å². The molecule has 10 nitrogen and oxygen atoms in total. The van der Waals surface area contributed by atoms with E-state index in [2.05, 4.69) is 5.43 Å². The summed E-state index contributed by atoms with van der Waals surface area (Å²) in [5.41, 5.74) is 2.94. The highest BCUT2D eigenvalue weighted by Crippen LogP contribution is 1.97. The average molecular weight is 318 g/mol. The molecule has 1 fully saturated rings. The molecule has 0 aromatic rings. The molecule has 0 bridgehead atoms. The number of rotatable bonds is 6. The van der Waals surface area contributed by atoms with Gasteiger partial charge in [-0.05, 0) is 0 Å². The van der Waals surface area contributed by atoms with Gasteiger partial charge in [-0.1, -0.05) is 0 Å². The Labute approximate surface area is 127 Å². The second-order valence-electron chi connectivity index (χ2n) is 5.06. The van der Waals surface area contributed by atoms with E-state index in [1.165, 1.54) is 5.01 Å². The number of hydrogen-bond donors (Lipinski definition) is 4. The summed E-state index contributed by atoms with van der Waals surface area (Å²) in [6, 6.07) is 0. The van der Waals surface area contributed by atoms with Gasteiger partial charge in [0.15, 0.2) is 0 Å². The summed E-state index contributed by atoms with van der Waals surface area (Å²) in [6.45, 7) is 1.97. The summed E-state index contributed by atoms with van der Waals surface area (Å²) in [5, 5.41) is 28.1. The molecule has 0 saturated carbocycles. The maximum atomic E-state index is 10.9.